The Labute approximate surface area is 77.0 Å². The fraction of sp³-hybridized carbons (Fsp3) is 0.556. The van der Waals surface area contributed by atoms with Crippen LogP contribution in [-0.4, -0.2) is 31.1 Å². The summed E-state index contributed by atoms with van der Waals surface area (Å²) in [5, 5.41) is 4.34. The van der Waals surface area contributed by atoms with E-state index in [0.29, 0.717) is 12.0 Å². The van der Waals surface area contributed by atoms with Gasteiger partial charge in [-0.15, -0.1) is 0 Å². The van der Waals surface area contributed by atoms with Crippen molar-refractivity contribution >= 4 is 11.3 Å². The fourth-order valence-electron chi connectivity index (χ4n) is 1.87. The highest BCUT2D eigenvalue weighted by molar-refractivity contribution is 7.07. The van der Waals surface area contributed by atoms with Crippen LogP contribution in [0.1, 0.15) is 11.5 Å². The smallest absolute Gasteiger partial charge is 0.0250 e. The molecule has 1 aliphatic heterocycles. The summed E-state index contributed by atoms with van der Waals surface area (Å²) in [6.45, 7) is 2.14. The summed E-state index contributed by atoms with van der Waals surface area (Å²) in [4.78, 5) is 2.30. The molecular weight excluding hydrogens is 168 g/mol. The summed E-state index contributed by atoms with van der Waals surface area (Å²) < 4.78 is 0. The number of likely N-dealkylation sites (N-methyl/N-ethyl adjacent to an activating group) is 1. The highest BCUT2D eigenvalue weighted by atomic mass is 32.1. The maximum Gasteiger partial charge on any atom is 0.0250 e. The third kappa shape index (κ3) is 1.40. The summed E-state index contributed by atoms with van der Waals surface area (Å²) in [5.41, 5.74) is 7.44. The van der Waals surface area contributed by atoms with Crippen LogP contribution >= 0.6 is 11.3 Å². The predicted molar refractivity (Wildman–Crippen MR) is 52.5 cm³/mol. The highest BCUT2D eigenvalue weighted by Crippen LogP contribution is 2.26. The summed E-state index contributed by atoms with van der Waals surface area (Å²) >= 11 is 1.76. The lowest BCUT2D eigenvalue weighted by molar-refractivity contribution is 0.408. The van der Waals surface area contributed by atoms with Gasteiger partial charge in [-0.3, -0.25) is 0 Å². The average Bonchev–Trinajstić information content (AvgIpc) is 2.58. The van der Waals surface area contributed by atoms with Crippen molar-refractivity contribution in [2.75, 3.05) is 20.1 Å². The molecule has 3 heteroatoms. The quantitative estimate of drug-likeness (QED) is 0.705. The summed E-state index contributed by atoms with van der Waals surface area (Å²) in [7, 11) is 2.13. The van der Waals surface area contributed by atoms with Gasteiger partial charge in [0.05, 0.1) is 0 Å². The normalized spacial score (nSPS) is 31.2. The number of thiophene rings is 1. The Morgan fingerprint density at radius 3 is 2.92 bits per heavy atom. The van der Waals surface area contributed by atoms with Crippen molar-refractivity contribution in [3.05, 3.63) is 22.4 Å². The molecule has 2 atom stereocenters. The number of likely N-dealkylation sites (tertiary alicyclic amines) is 1. The second-order valence-electron chi connectivity index (χ2n) is 3.55. The Kier molecular flexibility index (Phi) is 2.17. The molecule has 0 saturated carbocycles. The summed E-state index contributed by atoms with van der Waals surface area (Å²) in [5.74, 6) is 0.557. The molecule has 2 N–H and O–H groups in total. The summed E-state index contributed by atoms with van der Waals surface area (Å²) in [6.07, 6.45) is 0. The lowest BCUT2D eigenvalue weighted by Gasteiger charge is -2.11. The standard InChI is InChI=1S/C9H14N2S/c1-11-4-8(9(10)5-11)7-2-3-12-6-7/h2-3,6,8-9H,4-5,10H2,1H3. The van der Waals surface area contributed by atoms with Gasteiger partial charge in [-0.05, 0) is 29.4 Å². The Hall–Kier alpha value is -0.380. The van der Waals surface area contributed by atoms with Gasteiger partial charge < -0.3 is 10.6 Å². The van der Waals surface area contributed by atoms with E-state index in [-0.39, 0.29) is 0 Å². The summed E-state index contributed by atoms with van der Waals surface area (Å²) in [6, 6.07) is 2.51. The second-order valence-corrected chi connectivity index (χ2v) is 4.33. The Morgan fingerprint density at radius 1 is 1.58 bits per heavy atom. The Bertz CT molecular complexity index is 245. The monoisotopic (exact) mass is 182 g/mol. The molecule has 0 bridgehead atoms. The molecular formula is C9H14N2S. The minimum Gasteiger partial charge on any atom is -0.326 e. The molecule has 2 heterocycles. The van der Waals surface area contributed by atoms with Gasteiger partial charge in [0.1, 0.15) is 0 Å². The van der Waals surface area contributed by atoms with Crippen LogP contribution in [0.2, 0.25) is 0 Å². The molecule has 2 nitrogen and oxygen atoms in total. The average molecular weight is 182 g/mol. The lowest BCUT2D eigenvalue weighted by atomic mass is 9.98. The molecule has 0 radical (unpaired) electrons. The van der Waals surface area contributed by atoms with Crippen LogP contribution in [0.4, 0.5) is 0 Å². The van der Waals surface area contributed by atoms with Crippen molar-refractivity contribution in [2.45, 2.75) is 12.0 Å². The van der Waals surface area contributed by atoms with Crippen LogP contribution in [0.3, 0.4) is 0 Å². The van der Waals surface area contributed by atoms with E-state index in [1.165, 1.54) is 5.56 Å². The van der Waals surface area contributed by atoms with E-state index in [2.05, 4.69) is 28.8 Å². The first-order chi connectivity index (χ1) is 5.77. The van der Waals surface area contributed by atoms with Crippen LogP contribution in [0.5, 0.6) is 0 Å². The molecule has 1 saturated heterocycles. The number of rotatable bonds is 1. The Morgan fingerprint density at radius 2 is 2.42 bits per heavy atom. The molecule has 1 aliphatic rings. The lowest BCUT2D eigenvalue weighted by Crippen LogP contribution is -2.27. The first-order valence-electron chi connectivity index (χ1n) is 4.23. The van der Waals surface area contributed by atoms with Gasteiger partial charge in [-0.1, -0.05) is 0 Å². The van der Waals surface area contributed by atoms with Gasteiger partial charge in [-0.25, -0.2) is 0 Å². The van der Waals surface area contributed by atoms with Crippen LogP contribution in [0.25, 0.3) is 0 Å². The van der Waals surface area contributed by atoms with E-state index in [0.717, 1.165) is 13.1 Å². The molecule has 1 aromatic rings. The van der Waals surface area contributed by atoms with Gasteiger partial charge >= 0.3 is 0 Å². The predicted octanol–water partition coefficient (Wildman–Crippen LogP) is 1.10. The van der Waals surface area contributed by atoms with Crippen LogP contribution in [0.15, 0.2) is 16.8 Å². The largest absolute Gasteiger partial charge is 0.326 e. The number of hydrogen-bond donors (Lipinski definition) is 1. The first kappa shape index (κ1) is 8.23. The van der Waals surface area contributed by atoms with Crippen molar-refractivity contribution < 1.29 is 0 Å². The van der Waals surface area contributed by atoms with Crippen molar-refractivity contribution in [1.82, 2.24) is 4.90 Å². The van der Waals surface area contributed by atoms with Gasteiger partial charge in [-0.2, -0.15) is 11.3 Å². The molecule has 0 aliphatic carbocycles. The van der Waals surface area contributed by atoms with E-state index in [1.807, 2.05) is 0 Å². The van der Waals surface area contributed by atoms with E-state index in [4.69, 9.17) is 5.73 Å². The number of nitrogens with zero attached hydrogens (tertiary/aromatic N) is 1. The van der Waals surface area contributed by atoms with Crippen molar-refractivity contribution in [2.24, 2.45) is 5.73 Å². The molecule has 0 amide bonds. The molecule has 66 valence electrons. The van der Waals surface area contributed by atoms with E-state index in [9.17, 15) is 0 Å². The second kappa shape index (κ2) is 3.17. The first-order valence-corrected chi connectivity index (χ1v) is 5.18. The minimum atomic E-state index is 0.324. The minimum absolute atomic E-state index is 0.324. The zero-order valence-corrected chi connectivity index (χ0v) is 8.05. The van der Waals surface area contributed by atoms with E-state index in [1.54, 1.807) is 11.3 Å². The Balaban J connectivity index is 2.15. The maximum atomic E-state index is 6.02. The van der Waals surface area contributed by atoms with Gasteiger partial charge in [0.2, 0.25) is 0 Å². The molecule has 1 fully saturated rings. The highest BCUT2D eigenvalue weighted by Gasteiger charge is 2.28. The molecule has 0 spiro atoms. The van der Waals surface area contributed by atoms with Gasteiger partial charge in [0.25, 0.3) is 0 Å². The van der Waals surface area contributed by atoms with E-state index < -0.39 is 0 Å². The zero-order chi connectivity index (χ0) is 8.55. The van der Waals surface area contributed by atoms with Crippen LogP contribution in [-0.2, 0) is 0 Å². The van der Waals surface area contributed by atoms with Gasteiger partial charge in [0.15, 0.2) is 0 Å². The molecule has 2 rings (SSSR count). The number of hydrogen-bond acceptors (Lipinski definition) is 3. The molecule has 2 unspecified atom stereocenters. The third-order valence-corrected chi connectivity index (χ3v) is 3.22. The fourth-order valence-corrected chi connectivity index (χ4v) is 2.60. The molecule has 12 heavy (non-hydrogen) atoms. The maximum absolute atomic E-state index is 6.02. The SMILES string of the molecule is CN1CC(N)C(c2ccsc2)C1. The van der Waals surface area contributed by atoms with E-state index >= 15 is 0 Å². The van der Waals surface area contributed by atoms with Crippen molar-refractivity contribution in [3.8, 4) is 0 Å². The topological polar surface area (TPSA) is 29.3 Å². The van der Waals surface area contributed by atoms with Crippen LogP contribution < -0.4 is 5.73 Å². The van der Waals surface area contributed by atoms with Crippen molar-refractivity contribution in [3.63, 3.8) is 0 Å². The zero-order valence-electron chi connectivity index (χ0n) is 7.23. The number of nitrogens with two attached hydrogens (primary N) is 1. The molecule has 0 aromatic carbocycles. The van der Waals surface area contributed by atoms with Crippen molar-refractivity contribution in [1.29, 1.82) is 0 Å². The molecule has 1 aromatic heterocycles. The van der Waals surface area contributed by atoms with Gasteiger partial charge in [0, 0.05) is 25.0 Å². The van der Waals surface area contributed by atoms with Crippen LogP contribution in [0, 0.1) is 0 Å². The third-order valence-electron chi connectivity index (χ3n) is 2.52.